The predicted octanol–water partition coefficient (Wildman–Crippen LogP) is 2.33. The van der Waals surface area contributed by atoms with E-state index in [1.54, 1.807) is 14.0 Å². The van der Waals surface area contributed by atoms with E-state index in [2.05, 4.69) is 30.8 Å². The van der Waals surface area contributed by atoms with Crippen molar-refractivity contribution in [1.82, 2.24) is 5.32 Å². The highest BCUT2D eigenvalue weighted by atomic mass is 32.2. The first-order valence-corrected chi connectivity index (χ1v) is 7.98. The largest absolute Gasteiger partial charge is 0.318 e. The zero-order valence-electron chi connectivity index (χ0n) is 12.3. The summed E-state index contributed by atoms with van der Waals surface area (Å²) >= 11 is 0. The first-order valence-electron chi connectivity index (χ1n) is 6.43. The highest BCUT2D eigenvalue weighted by molar-refractivity contribution is 7.93. The van der Waals surface area contributed by atoms with E-state index < -0.39 is 15.3 Å². The molecule has 1 aromatic rings. The van der Waals surface area contributed by atoms with E-state index in [1.807, 2.05) is 24.3 Å². The third kappa shape index (κ3) is 4.51. The van der Waals surface area contributed by atoms with Crippen LogP contribution in [0.4, 0.5) is 5.69 Å². The van der Waals surface area contributed by atoms with Crippen molar-refractivity contribution in [1.29, 1.82) is 0 Å². The molecule has 0 amide bonds. The van der Waals surface area contributed by atoms with Gasteiger partial charge in [-0.25, -0.2) is 8.42 Å². The van der Waals surface area contributed by atoms with Gasteiger partial charge in [0.15, 0.2) is 0 Å². The molecule has 0 radical (unpaired) electrons. The Labute approximate surface area is 116 Å². The molecule has 2 N–H and O–H groups in total. The summed E-state index contributed by atoms with van der Waals surface area (Å²) in [6, 6.07) is 7.54. The van der Waals surface area contributed by atoms with E-state index in [0.29, 0.717) is 12.2 Å². The van der Waals surface area contributed by atoms with Gasteiger partial charge in [-0.1, -0.05) is 32.9 Å². The SMILES string of the molecule is CNCC(C)S(=O)(=O)Nc1ccc(C(C)(C)C)cc1. The molecular formula is C14H24N2O2S. The van der Waals surface area contributed by atoms with Crippen molar-refractivity contribution in [2.24, 2.45) is 0 Å². The van der Waals surface area contributed by atoms with Crippen LogP contribution in [0.3, 0.4) is 0 Å². The summed E-state index contributed by atoms with van der Waals surface area (Å²) in [4.78, 5) is 0. The van der Waals surface area contributed by atoms with Crippen molar-refractivity contribution in [3.8, 4) is 0 Å². The first-order chi connectivity index (χ1) is 8.66. The van der Waals surface area contributed by atoms with E-state index in [9.17, 15) is 8.42 Å². The highest BCUT2D eigenvalue weighted by Crippen LogP contribution is 2.24. The Bertz CT molecular complexity index is 501. The minimum absolute atomic E-state index is 0.0663. The van der Waals surface area contributed by atoms with Gasteiger partial charge in [-0.15, -0.1) is 0 Å². The Morgan fingerprint density at radius 2 is 1.68 bits per heavy atom. The van der Waals surface area contributed by atoms with Crippen LogP contribution in [0.5, 0.6) is 0 Å². The molecule has 1 aromatic carbocycles. The minimum atomic E-state index is -3.34. The van der Waals surface area contributed by atoms with Gasteiger partial charge in [-0.3, -0.25) is 4.72 Å². The van der Waals surface area contributed by atoms with Crippen LogP contribution in [0, 0.1) is 0 Å². The minimum Gasteiger partial charge on any atom is -0.318 e. The first kappa shape index (κ1) is 16.0. The number of rotatable bonds is 5. The zero-order valence-corrected chi connectivity index (χ0v) is 13.1. The second kappa shape index (κ2) is 5.92. The molecule has 0 aromatic heterocycles. The number of sulfonamides is 1. The maximum atomic E-state index is 12.0. The molecule has 108 valence electrons. The van der Waals surface area contributed by atoms with E-state index in [4.69, 9.17) is 0 Å². The Morgan fingerprint density at radius 3 is 2.11 bits per heavy atom. The predicted molar refractivity (Wildman–Crippen MR) is 81.1 cm³/mol. The lowest BCUT2D eigenvalue weighted by Gasteiger charge is -2.20. The van der Waals surface area contributed by atoms with Gasteiger partial charge in [0.25, 0.3) is 0 Å². The van der Waals surface area contributed by atoms with Crippen LogP contribution < -0.4 is 10.0 Å². The molecule has 1 unspecified atom stereocenters. The topological polar surface area (TPSA) is 58.2 Å². The maximum Gasteiger partial charge on any atom is 0.236 e. The fourth-order valence-corrected chi connectivity index (χ4v) is 2.75. The molecule has 1 atom stereocenters. The van der Waals surface area contributed by atoms with E-state index in [1.165, 1.54) is 5.56 Å². The molecule has 0 saturated heterocycles. The molecule has 0 fully saturated rings. The monoisotopic (exact) mass is 284 g/mol. The quantitative estimate of drug-likeness (QED) is 0.872. The molecule has 0 spiro atoms. The third-order valence-electron chi connectivity index (χ3n) is 3.03. The van der Waals surface area contributed by atoms with Crippen molar-refractivity contribution in [3.63, 3.8) is 0 Å². The number of hydrogen-bond donors (Lipinski definition) is 2. The third-order valence-corrected chi connectivity index (χ3v) is 4.78. The van der Waals surface area contributed by atoms with E-state index >= 15 is 0 Å². The summed E-state index contributed by atoms with van der Waals surface area (Å²) in [6.45, 7) is 8.49. The summed E-state index contributed by atoms with van der Waals surface area (Å²) in [6.07, 6.45) is 0. The molecule has 5 heteroatoms. The Balaban J connectivity index is 2.84. The van der Waals surface area contributed by atoms with Crippen molar-refractivity contribution in [3.05, 3.63) is 29.8 Å². The summed E-state index contributed by atoms with van der Waals surface area (Å²) in [7, 11) is -1.60. The molecule has 1 rings (SSSR count). The molecule has 0 aliphatic rings. The lowest BCUT2D eigenvalue weighted by Crippen LogP contribution is -2.33. The number of anilines is 1. The van der Waals surface area contributed by atoms with Gasteiger partial charge in [0.05, 0.1) is 5.25 Å². The van der Waals surface area contributed by atoms with Crippen LogP contribution in [-0.4, -0.2) is 27.3 Å². The Morgan fingerprint density at radius 1 is 1.16 bits per heavy atom. The Kier molecular flexibility index (Phi) is 4.98. The lowest BCUT2D eigenvalue weighted by atomic mass is 9.87. The molecule has 4 nitrogen and oxygen atoms in total. The fraction of sp³-hybridized carbons (Fsp3) is 0.571. The van der Waals surface area contributed by atoms with E-state index in [0.717, 1.165) is 0 Å². The number of nitrogens with one attached hydrogen (secondary N) is 2. The van der Waals surface area contributed by atoms with Crippen LogP contribution in [0.2, 0.25) is 0 Å². The van der Waals surface area contributed by atoms with Crippen molar-refractivity contribution >= 4 is 15.7 Å². The standard InChI is InChI=1S/C14H24N2O2S/c1-11(10-15-5)19(17,18)16-13-8-6-12(7-9-13)14(2,3)4/h6-9,11,15-16H,10H2,1-5H3. The molecule has 0 bridgehead atoms. The lowest BCUT2D eigenvalue weighted by molar-refractivity contribution is 0.583. The van der Waals surface area contributed by atoms with Gasteiger partial charge in [-0.05, 0) is 37.1 Å². The summed E-state index contributed by atoms with van der Waals surface area (Å²) in [5.41, 5.74) is 1.85. The van der Waals surface area contributed by atoms with Gasteiger partial charge in [0.2, 0.25) is 10.0 Å². The average Bonchev–Trinajstić information content (AvgIpc) is 2.28. The molecule has 19 heavy (non-hydrogen) atoms. The number of hydrogen-bond acceptors (Lipinski definition) is 3. The van der Waals surface area contributed by atoms with Crippen molar-refractivity contribution in [2.75, 3.05) is 18.3 Å². The van der Waals surface area contributed by atoms with Gasteiger partial charge < -0.3 is 5.32 Å². The normalized spacial score (nSPS) is 14.2. The van der Waals surface area contributed by atoms with Gasteiger partial charge >= 0.3 is 0 Å². The second-order valence-corrected chi connectivity index (χ2v) is 7.94. The molecule has 0 heterocycles. The van der Waals surface area contributed by atoms with Crippen LogP contribution in [0.15, 0.2) is 24.3 Å². The molecular weight excluding hydrogens is 260 g/mol. The van der Waals surface area contributed by atoms with Gasteiger partial charge in [0, 0.05) is 12.2 Å². The fourth-order valence-electron chi connectivity index (χ4n) is 1.70. The van der Waals surface area contributed by atoms with Gasteiger partial charge in [0.1, 0.15) is 0 Å². The van der Waals surface area contributed by atoms with Crippen LogP contribution in [0.25, 0.3) is 0 Å². The smallest absolute Gasteiger partial charge is 0.236 e. The summed E-state index contributed by atoms with van der Waals surface area (Å²) < 4.78 is 26.7. The van der Waals surface area contributed by atoms with Crippen LogP contribution in [-0.2, 0) is 15.4 Å². The zero-order chi connectivity index (χ0) is 14.7. The summed E-state index contributed by atoms with van der Waals surface area (Å²) in [5.74, 6) is 0. The van der Waals surface area contributed by atoms with Crippen LogP contribution >= 0.6 is 0 Å². The summed E-state index contributed by atoms with van der Waals surface area (Å²) in [5, 5.41) is 2.40. The average molecular weight is 284 g/mol. The van der Waals surface area contributed by atoms with E-state index in [-0.39, 0.29) is 5.41 Å². The highest BCUT2D eigenvalue weighted by Gasteiger charge is 2.20. The maximum absolute atomic E-state index is 12.0. The second-order valence-electron chi connectivity index (χ2n) is 5.84. The van der Waals surface area contributed by atoms with Gasteiger partial charge in [-0.2, -0.15) is 0 Å². The van der Waals surface area contributed by atoms with Crippen LogP contribution in [0.1, 0.15) is 33.3 Å². The van der Waals surface area contributed by atoms with Crippen molar-refractivity contribution < 1.29 is 8.42 Å². The van der Waals surface area contributed by atoms with Crippen molar-refractivity contribution in [2.45, 2.75) is 38.4 Å². The molecule has 0 saturated carbocycles. The molecule has 0 aliphatic heterocycles. The number of benzene rings is 1. The molecule has 0 aliphatic carbocycles. The Hall–Kier alpha value is -1.07.